The van der Waals surface area contributed by atoms with Crippen molar-refractivity contribution < 1.29 is 14.6 Å². The van der Waals surface area contributed by atoms with Crippen LogP contribution < -0.4 is 0 Å². The SMILES string of the molecule is COC(=O)C1(C)CCC/C1=C\CO. The van der Waals surface area contributed by atoms with Gasteiger partial charge in [0, 0.05) is 0 Å². The van der Waals surface area contributed by atoms with Crippen LogP contribution in [0.1, 0.15) is 26.2 Å². The zero-order valence-electron chi connectivity index (χ0n) is 8.17. The molecule has 1 fully saturated rings. The van der Waals surface area contributed by atoms with Gasteiger partial charge in [-0.05, 0) is 26.2 Å². The summed E-state index contributed by atoms with van der Waals surface area (Å²) >= 11 is 0. The third kappa shape index (κ3) is 1.75. The van der Waals surface area contributed by atoms with Crippen molar-refractivity contribution >= 4 is 5.97 Å². The molecule has 1 aliphatic rings. The van der Waals surface area contributed by atoms with E-state index in [1.807, 2.05) is 6.92 Å². The first kappa shape index (κ1) is 10.3. The zero-order chi connectivity index (χ0) is 9.90. The van der Waals surface area contributed by atoms with Crippen LogP contribution in [0.2, 0.25) is 0 Å². The molecule has 1 rings (SSSR count). The van der Waals surface area contributed by atoms with E-state index >= 15 is 0 Å². The van der Waals surface area contributed by atoms with Crippen LogP contribution in [-0.2, 0) is 9.53 Å². The average molecular weight is 184 g/mol. The van der Waals surface area contributed by atoms with Crippen molar-refractivity contribution in [1.29, 1.82) is 0 Å². The van der Waals surface area contributed by atoms with Gasteiger partial charge in [-0.25, -0.2) is 0 Å². The summed E-state index contributed by atoms with van der Waals surface area (Å²) in [5.41, 5.74) is 0.527. The van der Waals surface area contributed by atoms with Gasteiger partial charge < -0.3 is 9.84 Å². The lowest BCUT2D eigenvalue weighted by Crippen LogP contribution is -2.27. The zero-order valence-corrected chi connectivity index (χ0v) is 8.17. The van der Waals surface area contributed by atoms with Gasteiger partial charge in [-0.15, -0.1) is 0 Å². The third-order valence-corrected chi connectivity index (χ3v) is 2.81. The predicted molar refractivity (Wildman–Crippen MR) is 49.1 cm³/mol. The van der Waals surface area contributed by atoms with Crippen molar-refractivity contribution in [3.05, 3.63) is 11.6 Å². The monoisotopic (exact) mass is 184 g/mol. The number of carbonyl (C=O) groups excluding carboxylic acids is 1. The maximum Gasteiger partial charge on any atom is 0.315 e. The molecular weight excluding hydrogens is 168 g/mol. The molecule has 13 heavy (non-hydrogen) atoms. The number of aliphatic hydroxyl groups is 1. The van der Waals surface area contributed by atoms with Gasteiger partial charge in [-0.3, -0.25) is 4.79 Å². The third-order valence-electron chi connectivity index (χ3n) is 2.81. The van der Waals surface area contributed by atoms with Crippen molar-refractivity contribution in [3.8, 4) is 0 Å². The number of ether oxygens (including phenoxy) is 1. The Morgan fingerprint density at radius 2 is 2.46 bits per heavy atom. The van der Waals surface area contributed by atoms with E-state index in [1.54, 1.807) is 6.08 Å². The van der Waals surface area contributed by atoms with E-state index in [9.17, 15) is 4.79 Å². The van der Waals surface area contributed by atoms with E-state index in [0.717, 1.165) is 24.8 Å². The molecule has 0 saturated heterocycles. The molecule has 1 saturated carbocycles. The van der Waals surface area contributed by atoms with Gasteiger partial charge in [-0.1, -0.05) is 11.6 Å². The molecular formula is C10H16O3. The van der Waals surface area contributed by atoms with Crippen LogP contribution in [0.5, 0.6) is 0 Å². The van der Waals surface area contributed by atoms with Crippen molar-refractivity contribution in [1.82, 2.24) is 0 Å². The van der Waals surface area contributed by atoms with Gasteiger partial charge >= 0.3 is 5.97 Å². The minimum absolute atomic E-state index is 0.00190. The number of aliphatic hydroxyl groups excluding tert-OH is 1. The van der Waals surface area contributed by atoms with Crippen LogP contribution in [0.25, 0.3) is 0 Å². The van der Waals surface area contributed by atoms with E-state index in [1.165, 1.54) is 7.11 Å². The summed E-state index contributed by atoms with van der Waals surface area (Å²) in [6.45, 7) is 1.88. The summed E-state index contributed by atoms with van der Waals surface area (Å²) in [5.74, 6) is -0.190. The Bertz CT molecular complexity index is 232. The summed E-state index contributed by atoms with van der Waals surface area (Å²) in [6, 6.07) is 0. The van der Waals surface area contributed by atoms with Gasteiger partial charge in [0.05, 0.1) is 19.1 Å². The lowest BCUT2D eigenvalue weighted by molar-refractivity contribution is -0.149. The normalized spacial score (nSPS) is 30.8. The van der Waals surface area contributed by atoms with Crippen molar-refractivity contribution in [2.45, 2.75) is 26.2 Å². The van der Waals surface area contributed by atoms with Crippen molar-refractivity contribution in [3.63, 3.8) is 0 Å². The Balaban J connectivity index is 2.87. The van der Waals surface area contributed by atoms with Crippen LogP contribution in [0.3, 0.4) is 0 Å². The highest BCUT2D eigenvalue weighted by Gasteiger charge is 2.41. The number of carbonyl (C=O) groups is 1. The van der Waals surface area contributed by atoms with Gasteiger partial charge in [0.15, 0.2) is 0 Å². The van der Waals surface area contributed by atoms with Crippen molar-refractivity contribution in [2.75, 3.05) is 13.7 Å². The standard InChI is InChI=1S/C10H16O3/c1-10(9(12)13-2)6-3-4-8(10)5-7-11/h5,11H,3-4,6-7H2,1-2H3/b8-5+. The van der Waals surface area contributed by atoms with E-state index in [-0.39, 0.29) is 12.6 Å². The molecule has 3 heteroatoms. The van der Waals surface area contributed by atoms with Gasteiger partial charge in [0.25, 0.3) is 0 Å². The number of hydrogen-bond acceptors (Lipinski definition) is 3. The topological polar surface area (TPSA) is 46.5 Å². The molecule has 0 spiro atoms. The molecule has 1 unspecified atom stereocenters. The molecule has 74 valence electrons. The Labute approximate surface area is 78.4 Å². The number of rotatable bonds is 2. The van der Waals surface area contributed by atoms with Crippen LogP contribution in [0, 0.1) is 5.41 Å². The number of esters is 1. The molecule has 0 aromatic carbocycles. The number of methoxy groups -OCH3 is 1. The fourth-order valence-corrected chi connectivity index (χ4v) is 1.96. The Morgan fingerprint density at radius 1 is 1.77 bits per heavy atom. The second-order valence-electron chi connectivity index (χ2n) is 3.59. The Kier molecular flexibility index (Phi) is 3.09. The minimum Gasteiger partial charge on any atom is -0.468 e. The van der Waals surface area contributed by atoms with E-state index < -0.39 is 5.41 Å². The average Bonchev–Trinajstić information content (AvgIpc) is 2.49. The largest absolute Gasteiger partial charge is 0.468 e. The molecule has 0 aromatic rings. The van der Waals surface area contributed by atoms with Crippen LogP contribution in [-0.4, -0.2) is 24.8 Å². The molecule has 1 N–H and O–H groups in total. The fraction of sp³-hybridized carbons (Fsp3) is 0.700. The lowest BCUT2D eigenvalue weighted by Gasteiger charge is -2.22. The quantitative estimate of drug-likeness (QED) is 0.519. The van der Waals surface area contributed by atoms with Gasteiger partial charge in [0.1, 0.15) is 0 Å². The van der Waals surface area contributed by atoms with Crippen LogP contribution in [0.4, 0.5) is 0 Å². The molecule has 0 amide bonds. The Morgan fingerprint density at radius 3 is 3.00 bits per heavy atom. The molecule has 1 aliphatic carbocycles. The van der Waals surface area contributed by atoms with Crippen molar-refractivity contribution in [2.24, 2.45) is 5.41 Å². The summed E-state index contributed by atoms with van der Waals surface area (Å²) in [6.07, 6.45) is 4.44. The minimum atomic E-state index is -0.489. The molecule has 1 atom stereocenters. The molecule has 0 aromatic heterocycles. The predicted octanol–water partition coefficient (Wildman–Crippen LogP) is 1.27. The molecule has 3 nitrogen and oxygen atoms in total. The first-order valence-corrected chi connectivity index (χ1v) is 4.54. The fourth-order valence-electron chi connectivity index (χ4n) is 1.96. The highest BCUT2D eigenvalue weighted by Crippen LogP contribution is 2.43. The Hall–Kier alpha value is -0.830. The highest BCUT2D eigenvalue weighted by atomic mass is 16.5. The summed E-state index contributed by atoms with van der Waals surface area (Å²) < 4.78 is 4.75. The van der Waals surface area contributed by atoms with Crippen LogP contribution >= 0.6 is 0 Å². The first-order chi connectivity index (χ1) is 6.15. The van der Waals surface area contributed by atoms with E-state index in [4.69, 9.17) is 9.84 Å². The second kappa shape index (κ2) is 3.92. The van der Waals surface area contributed by atoms with E-state index in [2.05, 4.69) is 0 Å². The maximum atomic E-state index is 11.5. The van der Waals surface area contributed by atoms with E-state index in [0.29, 0.717) is 0 Å². The lowest BCUT2D eigenvalue weighted by atomic mass is 9.84. The van der Waals surface area contributed by atoms with Gasteiger partial charge in [0.2, 0.25) is 0 Å². The molecule has 0 heterocycles. The second-order valence-corrected chi connectivity index (χ2v) is 3.59. The summed E-state index contributed by atoms with van der Waals surface area (Å²) in [5, 5.41) is 8.78. The molecule has 0 aliphatic heterocycles. The number of hydrogen-bond donors (Lipinski definition) is 1. The highest BCUT2D eigenvalue weighted by molar-refractivity contribution is 5.80. The summed E-state index contributed by atoms with van der Waals surface area (Å²) in [4.78, 5) is 11.5. The van der Waals surface area contributed by atoms with Crippen LogP contribution in [0.15, 0.2) is 11.6 Å². The first-order valence-electron chi connectivity index (χ1n) is 4.54. The maximum absolute atomic E-state index is 11.5. The molecule has 0 bridgehead atoms. The smallest absolute Gasteiger partial charge is 0.315 e. The molecule has 0 radical (unpaired) electrons. The van der Waals surface area contributed by atoms with Gasteiger partial charge in [-0.2, -0.15) is 0 Å². The summed E-state index contributed by atoms with van der Waals surface area (Å²) in [7, 11) is 1.41.